The normalized spacial score (nSPS) is 11.2. The van der Waals surface area contributed by atoms with Crippen molar-refractivity contribution in [1.29, 1.82) is 0 Å². The fraction of sp³-hybridized carbons (Fsp3) is 0.222. The lowest BCUT2D eigenvalue weighted by molar-refractivity contribution is 0.0954. The van der Waals surface area contributed by atoms with Crippen molar-refractivity contribution >= 4 is 11.6 Å². The standard InChI is InChI=1S/C18H20N2O2/c1-12-8-9-16(10-13(12)2)18(21)20-19-14(3)15-6-5-7-17(11-15)22-4/h5-11H,1-4H3,(H,20,21). The van der Waals surface area contributed by atoms with Crippen LogP contribution in [0.5, 0.6) is 5.75 Å². The molecular formula is C18H20N2O2. The minimum absolute atomic E-state index is 0.217. The first-order valence-electron chi connectivity index (χ1n) is 7.07. The molecule has 22 heavy (non-hydrogen) atoms. The lowest BCUT2D eigenvalue weighted by atomic mass is 10.1. The highest BCUT2D eigenvalue weighted by Gasteiger charge is 2.06. The Morgan fingerprint density at radius 3 is 2.50 bits per heavy atom. The van der Waals surface area contributed by atoms with Crippen molar-refractivity contribution < 1.29 is 9.53 Å². The Labute approximate surface area is 130 Å². The van der Waals surface area contributed by atoms with Gasteiger partial charge in [-0.15, -0.1) is 0 Å². The van der Waals surface area contributed by atoms with E-state index < -0.39 is 0 Å². The van der Waals surface area contributed by atoms with Gasteiger partial charge in [0.15, 0.2) is 0 Å². The van der Waals surface area contributed by atoms with E-state index in [1.54, 1.807) is 13.2 Å². The van der Waals surface area contributed by atoms with Crippen LogP contribution in [0.25, 0.3) is 0 Å². The van der Waals surface area contributed by atoms with E-state index in [2.05, 4.69) is 10.5 Å². The third kappa shape index (κ3) is 3.73. The maximum absolute atomic E-state index is 12.1. The fourth-order valence-corrected chi connectivity index (χ4v) is 1.99. The van der Waals surface area contributed by atoms with Crippen molar-refractivity contribution in [3.8, 4) is 5.75 Å². The number of nitrogens with zero attached hydrogens (tertiary/aromatic N) is 1. The Hall–Kier alpha value is -2.62. The number of hydrazone groups is 1. The lowest BCUT2D eigenvalue weighted by Crippen LogP contribution is -2.19. The van der Waals surface area contributed by atoms with E-state index in [9.17, 15) is 4.79 Å². The number of carbonyl (C=O) groups is 1. The van der Waals surface area contributed by atoms with Crippen LogP contribution in [0.3, 0.4) is 0 Å². The lowest BCUT2D eigenvalue weighted by Gasteiger charge is -2.06. The van der Waals surface area contributed by atoms with E-state index in [1.165, 1.54) is 0 Å². The number of benzene rings is 2. The second kappa shape index (κ2) is 6.89. The van der Waals surface area contributed by atoms with Gasteiger partial charge < -0.3 is 4.74 Å². The smallest absolute Gasteiger partial charge is 0.271 e. The molecular weight excluding hydrogens is 276 g/mol. The van der Waals surface area contributed by atoms with Crippen LogP contribution in [0.4, 0.5) is 0 Å². The van der Waals surface area contributed by atoms with E-state index in [0.29, 0.717) is 5.56 Å². The molecule has 1 amide bonds. The molecule has 0 atom stereocenters. The summed E-state index contributed by atoms with van der Waals surface area (Å²) in [5, 5.41) is 4.16. The molecule has 0 aliphatic heterocycles. The maximum atomic E-state index is 12.1. The summed E-state index contributed by atoms with van der Waals surface area (Å²) in [6.07, 6.45) is 0. The van der Waals surface area contributed by atoms with E-state index in [-0.39, 0.29) is 5.91 Å². The highest BCUT2D eigenvalue weighted by Crippen LogP contribution is 2.13. The minimum Gasteiger partial charge on any atom is -0.497 e. The zero-order valence-corrected chi connectivity index (χ0v) is 13.3. The molecule has 0 aliphatic carbocycles. The number of methoxy groups -OCH3 is 1. The second-order valence-electron chi connectivity index (χ2n) is 5.17. The van der Waals surface area contributed by atoms with Gasteiger partial charge in [0.1, 0.15) is 5.75 Å². The van der Waals surface area contributed by atoms with Gasteiger partial charge in [-0.2, -0.15) is 5.10 Å². The Bertz CT molecular complexity index is 721. The number of rotatable bonds is 4. The van der Waals surface area contributed by atoms with Crippen molar-refractivity contribution in [2.75, 3.05) is 7.11 Å². The van der Waals surface area contributed by atoms with Crippen LogP contribution in [-0.4, -0.2) is 18.7 Å². The largest absolute Gasteiger partial charge is 0.497 e. The van der Waals surface area contributed by atoms with Gasteiger partial charge in [-0.05, 0) is 56.2 Å². The van der Waals surface area contributed by atoms with Gasteiger partial charge in [0.2, 0.25) is 0 Å². The molecule has 0 radical (unpaired) electrons. The zero-order valence-electron chi connectivity index (χ0n) is 13.3. The highest BCUT2D eigenvalue weighted by molar-refractivity contribution is 6.01. The summed E-state index contributed by atoms with van der Waals surface area (Å²) in [7, 11) is 1.62. The monoisotopic (exact) mass is 296 g/mol. The molecule has 4 heteroatoms. The van der Waals surface area contributed by atoms with Gasteiger partial charge in [-0.25, -0.2) is 5.43 Å². The molecule has 0 saturated heterocycles. The third-order valence-electron chi connectivity index (χ3n) is 3.58. The molecule has 4 nitrogen and oxygen atoms in total. The molecule has 0 fully saturated rings. The molecule has 2 aromatic carbocycles. The Kier molecular flexibility index (Phi) is 4.94. The van der Waals surface area contributed by atoms with Crippen LogP contribution in [0.15, 0.2) is 47.6 Å². The molecule has 0 saturated carbocycles. The number of carbonyl (C=O) groups excluding carboxylic acids is 1. The Morgan fingerprint density at radius 1 is 1.05 bits per heavy atom. The van der Waals surface area contributed by atoms with Gasteiger partial charge in [0.05, 0.1) is 12.8 Å². The van der Waals surface area contributed by atoms with Gasteiger partial charge >= 0.3 is 0 Å². The summed E-state index contributed by atoms with van der Waals surface area (Å²) >= 11 is 0. The number of aryl methyl sites for hydroxylation is 2. The van der Waals surface area contributed by atoms with Crippen LogP contribution >= 0.6 is 0 Å². The van der Waals surface area contributed by atoms with E-state index in [0.717, 1.165) is 28.2 Å². The predicted molar refractivity (Wildman–Crippen MR) is 88.6 cm³/mol. The van der Waals surface area contributed by atoms with Crippen molar-refractivity contribution in [3.63, 3.8) is 0 Å². The van der Waals surface area contributed by atoms with Crippen molar-refractivity contribution in [2.45, 2.75) is 20.8 Å². The highest BCUT2D eigenvalue weighted by atomic mass is 16.5. The molecule has 0 heterocycles. The van der Waals surface area contributed by atoms with Crippen LogP contribution < -0.4 is 10.2 Å². The summed E-state index contributed by atoms with van der Waals surface area (Å²) in [5.74, 6) is 0.540. The first-order chi connectivity index (χ1) is 10.5. The quantitative estimate of drug-likeness (QED) is 0.694. The molecule has 0 aromatic heterocycles. The van der Waals surface area contributed by atoms with Crippen molar-refractivity contribution in [3.05, 3.63) is 64.7 Å². The van der Waals surface area contributed by atoms with Crippen LogP contribution in [0, 0.1) is 13.8 Å². The molecule has 0 spiro atoms. The van der Waals surface area contributed by atoms with Gasteiger partial charge in [0, 0.05) is 11.1 Å². The molecule has 0 aliphatic rings. The maximum Gasteiger partial charge on any atom is 0.271 e. The summed E-state index contributed by atoms with van der Waals surface area (Å²) in [6.45, 7) is 5.84. The first kappa shape index (κ1) is 15.8. The first-order valence-corrected chi connectivity index (χ1v) is 7.07. The fourth-order valence-electron chi connectivity index (χ4n) is 1.99. The van der Waals surface area contributed by atoms with Gasteiger partial charge in [-0.3, -0.25) is 4.79 Å². The number of hydrogen-bond donors (Lipinski definition) is 1. The summed E-state index contributed by atoms with van der Waals surface area (Å²) < 4.78 is 5.18. The number of ether oxygens (including phenoxy) is 1. The second-order valence-corrected chi connectivity index (χ2v) is 5.17. The number of hydrogen-bond acceptors (Lipinski definition) is 3. The molecule has 1 N–H and O–H groups in total. The number of amides is 1. The van der Waals surface area contributed by atoms with E-state index in [1.807, 2.05) is 57.2 Å². The van der Waals surface area contributed by atoms with Crippen molar-refractivity contribution in [2.24, 2.45) is 5.10 Å². The van der Waals surface area contributed by atoms with Crippen LogP contribution in [0.1, 0.15) is 34.0 Å². The van der Waals surface area contributed by atoms with Crippen molar-refractivity contribution in [1.82, 2.24) is 5.43 Å². The molecule has 114 valence electrons. The summed E-state index contributed by atoms with van der Waals surface area (Å²) in [6, 6.07) is 13.1. The summed E-state index contributed by atoms with van der Waals surface area (Å²) in [4.78, 5) is 12.1. The van der Waals surface area contributed by atoms with Crippen LogP contribution in [-0.2, 0) is 0 Å². The predicted octanol–water partition coefficient (Wildman–Crippen LogP) is 3.47. The average molecular weight is 296 g/mol. The summed E-state index contributed by atoms with van der Waals surface area (Å²) in [5.41, 5.74) is 7.06. The Balaban J connectivity index is 2.12. The van der Waals surface area contributed by atoms with E-state index >= 15 is 0 Å². The van der Waals surface area contributed by atoms with E-state index in [4.69, 9.17) is 4.74 Å². The third-order valence-corrected chi connectivity index (χ3v) is 3.58. The molecule has 0 bridgehead atoms. The van der Waals surface area contributed by atoms with Crippen LogP contribution in [0.2, 0.25) is 0 Å². The average Bonchev–Trinajstić information content (AvgIpc) is 2.54. The van der Waals surface area contributed by atoms with Gasteiger partial charge in [-0.1, -0.05) is 18.2 Å². The topological polar surface area (TPSA) is 50.7 Å². The Morgan fingerprint density at radius 2 is 1.82 bits per heavy atom. The zero-order chi connectivity index (χ0) is 16.1. The molecule has 2 aromatic rings. The minimum atomic E-state index is -0.217. The van der Waals surface area contributed by atoms with Gasteiger partial charge in [0.25, 0.3) is 5.91 Å². The molecule has 2 rings (SSSR count). The number of nitrogens with one attached hydrogen (secondary N) is 1. The molecule has 0 unspecified atom stereocenters. The SMILES string of the molecule is COc1cccc(C(C)=NNC(=O)c2ccc(C)c(C)c2)c1.